The van der Waals surface area contributed by atoms with Crippen molar-refractivity contribution in [2.24, 2.45) is 0 Å². The minimum Gasteiger partial charge on any atom is -0.321 e. The Balaban J connectivity index is 1.62. The van der Waals surface area contributed by atoms with Crippen molar-refractivity contribution in [3.05, 3.63) is 101 Å². The Kier molecular flexibility index (Phi) is 4.65. The van der Waals surface area contributed by atoms with E-state index in [1.165, 1.54) is 0 Å². The lowest BCUT2D eigenvalue weighted by Crippen LogP contribution is -2.04. The molecule has 2 aromatic carbocycles. The van der Waals surface area contributed by atoms with Crippen LogP contribution >= 0.6 is 11.6 Å². The normalized spacial score (nSPS) is 14.0. The van der Waals surface area contributed by atoms with Gasteiger partial charge in [0.2, 0.25) is 0 Å². The highest BCUT2D eigenvalue weighted by Crippen LogP contribution is 2.36. The van der Waals surface area contributed by atoms with Crippen molar-refractivity contribution in [2.45, 2.75) is 6.54 Å². The molecule has 1 aliphatic heterocycles. The van der Waals surface area contributed by atoms with Gasteiger partial charge < -0.3 is 5.32 Å². The van der Waals surface area contributed by atoms with Crippen molar-refractivity contribution >= 4 is 34.8 Å². The predicted molar refractivity (Wildman–Crippen MR) is 119 cm³/mol. The van der Waals surface area contributed by atoms with E-state index in [9.17, 15) is 4.79 Å². The number of hydrogen-bond donors (Lipinski definition) is 1. The molecule has 146 valence electrons. The highest BCUT2D eigenvalue weighted by Gasteiger charge is 2.25. The average Bonchev–Trinajstić information content (AvgIpc) is 3.30. The van der Waals surface area contributed by atoms with Gasteiger partial charge in [-0.1, -0.05) is 48.0 Å². The van der Waals surface area contributed by atoms with Gasteiger partial charge in [0.25, 0.3) is 5.91 Å². The second-order valence-corrected chi connectivity index (χ2v) is 7.49. The molecule has 2 aromatic heterocycles. The predicted octanol–water partition coefficient (Wildman–Crippen LogP) is 5.14. The average molecular weight is 413 g/mol. The van der Waals surface area contributed by atoms with Crippen LogP contribution in [0, 0.1) is 0 Å². The van der Waals surface area contributed by atoms with Crippen LogP contribution in [-0.2, 0) is 11.3 Å². The van der Waals surface area contributed by atoms with Crippen LogP contribution in [0.2, 0.25) is 5.02 Å². The highest BCUT2D eigenvalue weighted by molar-refractivity contribution is 6.36. The zero-order valence-corrected chi connectivity index (χ0v) is 16.7. The molecule has 0 bridgehead atoms. The van der Waals surface area contributed by atoms with Gasteiger partial charge in [0, 0.05) is 46.0 Å². The summed E-state index contributed by atoms with van der Waals surface area (Å²) in [7, 11) is 0. The first-order chi connectivity index (χ1) is 14.7. The van der Waals surface area contributed by atoms with E-state index < -0.39 is 0 Å². The number of fused-ring (bicyclic) bond motifs is 1. The van der Waals surface area contributed by atoms with Crippen LogP contribution in [0.3, 0.4) is 0 Å². The van der Waals surface area contributed by atoms with E-state index in [1.54, 1.807) is 24.5 Å². The van der Waals surface area contributed by atoms with Crippen LogP contribution in [-0.4, -0.2) is 20.7 Å². The van der Waals surface area contributed by atoms with Crippen molar-refractivity contribution in [1.29, 1.82) is 0 Å². The summed E-state index contributed by atoms with van der Waals surface area (Å²) < 4.78 is 1.88. The maximum Gasteiger partial charge on any atom is 0.256 e. The molecule has 0 fully saturated rings. The van der Waals surface area contributed by atoms with Crippen molar-refractivity contribution in [2.75, 3.05) is 5.32 Å². The van der Waals surface area contributed by atoms with E-state index in [1.807, 2.05) is 53.4 Å². The van der Waals surface area contributed by atoms with Gasteiger partial charge in [0.05, 0.1) is 17.8 Å². The molecular formula is C24H17ClN4O. The van der Waals surface area contributed by atoms with Gasteiger partial charge in [-0.05, 0) is 35.9 Å². The molecule has 5 rings (SSSR count). The molecule has 3 heterocycles. The molecule has 0 unspecified atom stereocenters. The number of benzene rings is 2. The summed E-state index contributed by atoms with van der Waals surface area (Å²) in [6.07, 6.45) is 7.34. The number of amides is 1. The minimum absolute atomic E-state index is 0.165. The first-order valence-electron chi connectivity index (χ1n) is 9.52. The lowest BCUT2D eigenvalue weighted by molar-refractivity contribution is -0.110. The summed E-state index contributed by atoms with van der Waals surface area (Å²) in [5.41, 5.74) is 5.78. The van der Waals surface area contributed by atoms with Gasteiger partial charge in [-0.25, -0.2) is 0 Å². The van der Waals surface area contributed by atoms with E-state index in [-0.39, 0.29) is 5.91 Å². The molecule has 6 heteroatoms. The van der Waals surface area contributed by atoms with E-state index in [4.69, 9.17) is 16.7 Å². The molecule has 0 saturated heterocycles. The number of halogens is 1. The molecule has 0 spiro atoms. The van der Waals surface area contributed by atoms with Crippen LogP contribution in [0.25, 0.3) is 22.8 Å². The topological polar surface area (TPSA) is 59.8 Å². The number of nitrogens with zero attached hydrogens (tertiary/aromatic N) is 3. The summed E-state index contributed by atoms with van der Waals surface area (Å²) >= 11 is 6.17. The molecule has 4 aromatic rings. The van der Waals surface area contributed by atoms with Crippen LogP contribution in [0.5, 0.6) is 0 Å². The monoisotopic (exact) mass is 412 g/mol. The minimum atomic E-state index is -0.165. The second-order valence-electron chi connectivity index (χ2n) is 7.05. The Morgan fingerprint density at radius 3 is 2.70 bits per heavy atom. The third-order valence-corrected chi connectivity index (χ3v) is 5.23. The van der Waals surface area contributed by atoms with Gasteiger partial charge in [0.1, 0.15) is 0 Å². The molecule has 0 atom stereocenters. The smallest absolute Gasteiger partial charge is 0.256 e. The summed E-state index contributed by atoms with van der Waals surface area (Å²) in [5, 5.41) is 8.24. The fourth-order valence-corrected chi connectivity index (χ4v) is 3.75. The van der Waals surface area contributed by atoms with Gasteiger partial charge in [-0.2, -0.15) is 5.10 Å². The summed E-state index contributed by atoms with van der Waals surface area (Å²) in [6, 6.07) is 19.4. The van der Waals surface area contributed by atoms with Crippen LogP contribution in [0.4, 0.5) is 5.69 Å². The number of pyridine rings is 1. The molecule has 1 amide bonds. The number of hydrogen-bond acceptors (Lipinski definition) is 3. The third-order valence-electron chi connectivity index (χ3n) is 5.00. The van der Waals surface area contributed by atoms with Gasteiger partial charge in [0.15, 0.2) is 0 Å². The Bertz CT molecular complexity index is 1260. The van der Waals surface area contributed by atoms with E-state index in [0.29, 0.717) is 22.8 Å². The van der Waals surface area contributed by atoms with Crippen molar-refractivity contribution in [3.8, 4) is 11.1 Å². The zero-order chi connectivity index (χ0) is 20.5. The van der Waals surface area contributed by atoms with E-state index in [2.05, 4.69) is 22.4 Å². The number of carbonyl (C=O) groups is 1. The van der Waals surface area contributed by atoms with Crippen LogP contribution < -0.4 is 5.32 Å². The quantitative estimate of drug-likeness (QED) is 0.472. The van der Waals surface area contributed by atoms with Gasteiger partial charge >= 0.3 is 0 Å². The highest BCUT2D eigenvalue weighted by atomic mass is 35.5. The maximum atomic E-state index is 12.6. The molecule has 0 radical (unpaired) electrons. The molecule has 0 aliphatic carbocycles. The van der Waals surface area contributed by atoms with Crippen LogP contribution in [0.15, 0.2) is 79.3 Å². The number of aromatic nitrogens is 3. The molecule has 30 heavy (non-hydrogen) atoms. The number of carbonyl (C=O) groups excluding carboxylic acids is 1. The Morgan fingerprint density at radius 2 is 1.90 bits per heavy atom. The van der Waals surface area contributed by atoms with E-state index in [0.717, 1.165) is 27.9 Å². The van der Waals surface area contributed by atoms with Crippen molar-refractivity contribution < 1.29 is 4.79 Å². The standard InChI is InChI=1S/C24H17ClN4O/c25-18-8-9-22-19(11-18)20(24(30)27-22)12-23-21(17-7-4-10-26-13-17)15-29(28-23)14-16-5-2-1-3-6-16/h1-13,15H,14H2,(H,27,30)/b20-12+. The SMILES string of the molecule is O=C1Nc2ccc(Cl)cc2/C1=C\c1nn(Cc2ccccc2)cc1-c1cccnc1. The number of rotatable bonds is 4. The van der Waals surface area contributed by atoms with E-state index >= 15 is 0 Å². The Hall–Kier alpha value is -3.70. The Labute approximate surface area is 178 Å². The largest absolute Gasteiger partial charge is 0.321 e. The molecular weight excluding hydrogens is 396 g/mol. The lowest BCUT2D eigenvalue weighted by Gasteiger charge is -2.01. The van der Waals surface area contributed by atoms with Crippen molar-refractivity contribution in [1.82, 2.24) is 14.8 Å². The first-order valence-corrected chi connectivity index (χ1v) is 9.90. The molecule has 1 aliphatic rings. The number of nitrogens with one attached hydrogen (secondary N) is 1. The first kappa shape index (κ1) is 18.3. The van der Waals surface area contributed by atoms with Gasteiger partial charge in [-0.3, -0.25) is 14.5 Å². The summed E-state index contributed by atoms with van der Waals surface area (Å²) in [6.45, 7) is 0.631. The lowest BCUT2D eigenvalue weighted by atomic mass is 10.0. The maximum absolute atomic E-state index is 12.6. The number of anilines is 1. The molecule has 1 N–H and O–H groups in total. The van der Waals surface area contributed by atoms with Crippen LogP contribution in [0.1, 0.15) is 16.8 Å². The second kappa shape index (κ2) is 7.61. The zero-order valence-electron chi connectivity index (χ0n) is 15.9. The molecule has 0 saturated carbocycles. The molecule has 5 nitrogen and oxygen atoms in total. The van der Waals surface area contributed by atoms with Crippen molar-refractivity contribution in [3.63, 3.8) is 0 Å². The fraction of sp³-hybridized carbons (Fsp3) is 0.0417. The summed E-state index contributed by atoms with van der Waals surface area (Å²) in [4.78, 5) is 16.9. The Morgan fingerprint density at radius 1 is 1.03 bits per heavy atom. The summed E-state index contributed by atoms with van der Waals surface area (Å²) in [5.74, 6) is -0.165. The third kappa shape index (κ3) is 3.51. The fourth-order valence-electron chi connectivity index (χ4n) is 3.58. The van der Waals surface area contributed by atoms with Gasteiger partial charge in [-0.15, -0.1) is 0 Å².